The first-order valence-electron chi connectivity index (χ1n) is 12.0. The molecule has 0 spiro atoms. The van der Waals surface area contributed by atoms with E-state index in [2.05, 4.69) is 13.8 Å². The maximum atomic E-state index is 5.99. The molecule has 0 saturated carbocycles. The Morgan fingerprint density at radius 2 is 0.844 bits per heavy atom. The quantitative estimate of drug-likeness (QED) is 0.0667. The first-order chi connectivity index (χ1) is 15.6. The number of hydrogen-bond acceptors (Lipinski definition) is 10. The zero-order valence-corrected chi connectivity index (χ0v) is 24.2. The lowest BCUT2D eigenvalue weighted by Gasteiger charge is -2.32. The van der Waals surface area contributed by atoms with Crippen LogP contribution >= 0.6 is 41.2 Å². The molecule has 0 saturated heterocycles. The highest BCUT2D eigenvalue weighted by atomic mass is 33.7. The molecule has 0 radical (unpaired) electrons. The molecule has 0 aromatic carbocycles. The fraction of sp³-hybridized carbons (Fsp3) is 1.00. The Balaban J connectivity index is 3.85. The van der Waals surface area contributed by atoms with Crippen LogP contribution in [0.1, 0.15) is 80.1 Å². The second-order valence-corrected chi connectivity index (χ2v) is 13.0. The average Bonchev–Trinajstić information content (AvgIpc) is 2.76. The molecule has 0 N–H and O–H groups in total. The zero-order valence-electron chi connectivity index (χ0n) is 21.0. The minimum atomic E-state index is -0.873. The van der Waals surface area contributed by atoms with Gasteiger partial charge >= 0.3 is 0 Å². The smallest absolute Gasteiger partial charge is 0.282 e. The molecule has 0 rings (SSSR count). The minimum absolute atomic E-state index is 0.584. The van der Waals surface area contributed by atoms with E-state index in [1.54, 1.807) is 0 Å². The van der Waals surface area contributed by atoms with E-state index in [9.17, 15) is 0 Å². The lowest BCUT2D eigenvalue weighted by atomic mass is 10.3. The second-order valence-electron chi connectivity index (χ2n) is 6.78. The molecule has 0 bridgehead atoms. The highest BCUT2D eigenvalue weighted by Gasteiger charge is 2.32. The van der Waals surface area contributed by atoms with E-state index < -0.39 is 11.9 Å². The summed E-state index contributed by atoms with van der Waals surface area (Å²) in [4.78, 5) is 0. The molecule has 6 nitrogen and oxygen atoms in total. The zero-order chi connectivity index (χ0) is 24.0. The van der Waals surface area contributed by atoms with Crippen LogP contribution in [-0.2, 0) is 28.4 Å². The van der Waals surface area contributed by atoms with Gasteiger partial charge in [0.2, 0.25) is 0 Å². The van der Waals surface area contributed by atoms with E-state index in [4.69, 9.17) is 28.4 Å². The highest BCUT2D eigenvalue weighted by Crippen LogP contribution is 2.43. The summed E-state index contributed by atoms with van der Waals surface area (Å²) >= 11 is 0. The summed E-state index contributed by atoms with van der Waals surface area (Å²) in [5.74, 6) is 0.317. The molecule has 0 aliphatic carbocycles. The van der Waals surface area contributed by atoms with Crippen LogP contribution in [0.5, 0.6) is 0 Å². The van der Waals surface area contributed by atoms with Crippen molar-refractivity contribution in [2.24, 2.45) is 0 Å². The first kappa shape index (κ1) is 33.2. The Hall–Kier alpha value is 1.16. The third kappa shape index (κ3) is 15.9. The SMILES string of the molecule is CCCC(OCC)(OCC)OCCCSSSSCCCOC(CCC)(OCC)OCC. The lowest BCUT2D eigenvalue weighted by molar-refractivity contribution is -0.381. The molecule has 0 fully saturated rings. The Labute approximate surface area is 212 Å². The van der Waals surface area contributed by atoms with Crippen molar-refractivity contribution in [3.63, 3.8) is 0 Å². The molecular weight excluding hydrogens is 489 g/mol. The van der Waals surface area contributed by atoms with Gasteiger partial charge in [-0.2, -0.15) is 0 Å². The summed E-state index contributed by atoms with van der Waals surface area (Å²) < 4.78 is 35.1. The topological polar surface area (TPSA) is 55.4 Å². The van der Waals surface area contributed by atoms with Crippen LogP contribution in [0.2, 0.25) is 0 Å². The van der Waals surface area contributed by atoms with Crippen LogP contribution in [-0.4, -0.2) is 63.1 Å². The van der Waals surface area contributed by atoms with Gasteiger partial charge in [-0.25, -0.2) is 0 Å². The summed E-state index contributed by atoms with van der Waals surface area (Å²) in [5.41, 5.74) is 0. The summed E-state index contributed by atoms with van der Waals surface area (Å²) in [6.07, 6.45) is 5.36. The van der Waals surface area contributed by atoms with Crippen molar-refractivity contribution in [3.8, 4) is 0 Å². The van der Waals surface area contributed by atoms with E-state index in [0.717, 1.165) is 50.0 Å². The van der Waals surface area contributed by atoms with Crippen molar-refractivity contribution in [1.82, 2.24) is 0 Å². The Morgan fingerprint density at radius 3 is 1.12 bits per heavy atom. The third-order valence-electron chi connectivity index (χ3n) is 4.08. The molecule has 194 valence electrons. The maximum absolute atomic E-state index is 5.99. The van der Waals surface area contributed by atoms with Gasteiger partial charge in [0.15, 0.2) is 0 Å². The van der Waals surface area contributed by atoms with Crippen LogP contribution in [0, 0.1) is 0 Å². The molecule has 0 aromatic heterocycles. The van der Waals surface area contributed by atoms with Crippen molar-refractivity contribution < 1.29 is 28.4 Å². The second kappa shape index (κ2) is 22.6. The van der Waals surface area contributed by atoms with E-state index in [1.165, 1.54) is 0 Å². The molecule has 0 heterocycles. The number of rotatable bonds is 25. The van der Waals surface area contributed by atoms with Gasteiger partial charge < -0.3 is 28.4 Å². The van der Waals surface area contributed by atoms with Gasteiger partial charge in [-0.05, 0) is 73.0 Å². The molecule has 0 aliphatic heterocycles. The van der Waals surface area contributed by atoms with E-state index in [0.29, 0.717) is 39.6 Å². The van der Waals surface area contributed by atoms with Gasteiger partial charge in [0.05, 0.1) is 13.2 Å². The molecule has 0 aliphatic rings. The monoisotopic (exact) mass is 534 g/mol. The molecular formula is C22H46O6S4. The molecule has 10 heteroatoms. The van der Waals surface area contributed by atoms with Crippen molar-refractivity contribution in [2.75, 3.05) is 51.1 Å². The van der Waals surface area contributed by atoms with Gasteiger partial charge in [-0.15, -0.1) is 0 Å². The van der Waals surface area contributed by atoms with Crippen LogP contribution in [0.3, 0.4) is 0 Å². The Bertz CT molecular complexity index is 337. The van der Waals surface area contributed by atoms with Crippen LogP contribution in [0.25, 0.3) is 0 Å². The highest BCUT2D eigenvalue weighted by molar-refractivity contribution is 9.26. The first-order valence-corrected chi connectivity index (χ1v) is 17.1. The molecule has 0 unspecified atom stereocenters. The average molecular weight is 535 g/mol. The predicted molar refractivity (Wildman–Crippen MR) is 143 cm³/mol. The van der Waals surface area contributed by atoms with Crippen LogP contribution in [0.4, 0.5) is 0 Å². The summed E-state index contributed by atoms with van der Waals surface area (Å²) in [5, 5.41) is 0. The number of hydrogen-bond donors (Lipinski definition) is 0. The third-order valence-corrected chi connectivity index (χ3v) is 10.7. The van der Waals surface area contributed by atoms with Crippen molar-refractivity contribution in [2.45, 2.75) is 92.0 Å². The fourth-order valence-electron chi connectivity index (χ4n) is 2.97. The summed E-state index contributed by atoms with van der Waals surface area (Å²) in [6.45, 7) is 15.7. The van der Waals surface area contributed by atoms with Gasteiger partial charge in [-0.3, -0.25) is 0 Å². The largest absolute Gasteiger partial charge is 0.328 e. The Morgan fingerprint density at radius 1 is 0.500 bits per heavy atom. The fourth-order valence-corrected chi connectivity index (χ4v) is 9.06. The summed E-state index contributed by atoms with van der Waals surface area (Å²) in [7, 11) is 7.35. The van der Waals surface area contributed by atoms with Crippen molar-refractivity contribution in [1.29, 1.82) is 0 Å². The summed E-state index contributed by atoms with van der Waals surface area (Å²) in [6, 6.07) is 0. The number of ether oxygens (including phenoxy) is 6. The van der Waals surface area contributed by atoms with Gasteiger partial charge in [0.1, 0.15) is 0 Å². The van der Waals surface area contributed by atoms with Gasteiger partial charge in [0, 0.05) is 50.8 Å². The van der Waals surface area contributed by atoms with E-state index in [1.807, 2.05) is 68.9 Å². The molecule has 32 heavy (non-hydrogen) atoms. The van der Waals surface area contributed by atoms with Gasteiger partial charge in [-0.1, -0.05) is 35.4 Å². The Kier molecular flexibility index (Phi) is 23.4. The van der Waals surface area contributed by atoms with Crippen molar-refractivity contribution >= 4 is 41.2 Å². The van der Waals surface area contributed by atoms with Crippen molar-refractivity contribution in [3.05, 3.63) is 0 Å². The standard InChI is InChI=1S/C22H46O6S4/c1-7-15-21(23-9-3,24-10-4)27-17-13-19-29-31-32-30-20-14-18-28-22(16-8-2,25-11-5)26-12-6/h7-20H2,1-6H3. The van der Waals surface area contributed by atoms with Gasteiger partial charge in [0.25, 0.3) is 11.9 Å². The molecule has 0 amide bonds. The molecule has 0 atom stereocenters. The van der Waals surface area contributed by atoms with Crippen LogP contribution in [0.15, 0.2) is 0 Å². The lowest BCUT2D eigenvalue weighted by Crippen LogP contribution is -2.39. The van der Waals surface area contributed by atoms with E-state index in [-0.39, 0.29) is 0 Å². The maximum Gasteiger partial charge on any atom is 0.282 e. The predicted octanol–water partition coefficient (Wildman–Crippen LogP) is 7.53. The minimum Gasteiger partial charge on any atom is -0.328 e. The normalized spacial score (nSPS) is 12.6. The van der Waals surface area contributed by atoms with E-state index >= 15 is 0 Å². The van der Waals surface area contributed by atoms with Crippen LogP contribution < -0.4 is 0 Å². The molecule has 0 aromatic rings.